The molecule has 1 aromatic carbocycles. The topological polar surface area (TPSA) is 30.7 Å². The van der Waals surface area contributed by atoms with Gasteiger partial charge in [0.2, 0.25) is 0 Å². The number of fused-ring (bicyclic) bond motifs is 1. The van der Waals surface area contributed by atoms with Gasteiger partial charge in [-0.3, -0.25) is 0 Å². The van der Waals surface area contributed by atoms with Crippen molar-refractivity contribution in [3.05, 3.63) is 60.0 Å². The van der Waals surface area contributed by atoms with Crippen molar-refractivity contribution in [2.75, 3.05) is 5.75 Å². The predicted octanol–water partition coefficient (Wildman–Crippen LogP) is 4.05. The first-order valence-electron chi connectivity index (χ1n) is 7.38. The first-order valence-corrected chi connectivity index (χ1v) is 8.43. The number of rotatable bonds is 3. The molecule has 0 saturated carbocycles. The van der Waals surface area contributed by atoms with Crippen LogP contribution in [0.25, 0.3) is 11.2 Å². The standard InChI is InChI=1S/C17H17N3S/c1-2-6-13(7-3-1)12-20-16-14(8-4-10-18-16)19-17(20)15-9-5-11-21-15/h1-4,6-8,10,15H,5,9,11-12H2. The maximum absolute atomic E-state index is 4.87. The van der Waals surface area contributed by atoms with E-state index in [9.17, 15) is 0 Å². The van der Waals surface area contributed by atoms with Gasteiger partial charge in [0, 0.05) is 6.20 Å². The zero-order chi connectivity index (χ0) is 14.1. The summed E-state index contributed by atoms with van der Waals surface area (Å²) in [7, 11) is 0. The Kier molecular flexibility index (Phi) is 3.39. The van der Waals surface area contributed by atoms with E-state index >= 15 is 0 Å². The number of thioether (sulfide) groups is 1. The van der Waals surface area contributed by atoms with Gasteiger partial charge in [-0.25, -0.2) is 9.97 Å². The number of imidazole rings is 1. The normalized spacial score (nSPS) is 18.4. The lowest BCUT2D eigenvalue weighted by atomic mass is 10.2. The van der Waals surface area contributed by atoms with Crippen molar-refractivity contribution in [2.45, 2.75) is 24.6 Å². The van der Waals surface area contributed by atoms with Gasteiger partial charge in [0.25, 0.3) is 0 Å². The lowest BCUT2D eigenvalue weighted by Crippen LogP contribution is -2.07. The number of pyridine rings is 1. The molecule has 1 unspecified atom stereocenters. The van der Waals surface area contributed by atoms with E-state index in [0.717, 1.165) is 17.7 Å². The maximum atomic E-state index is 4.87. The Bertz CT molecular complexity index is 745. The van der Waals surface area contributed by atoms with Crippen molar-refractivity contribution in [3.8, 4) is 0 Å². The fraction of sp³-hybridized carbons (Fsp3) is 0.294. The molecule has 0 bridgehead atoms. The van der Waals surface area contributed by atoms with E-state index in [1.165, 1.54) is 30.0 Å². The van der Waals surface area contributed by atoms with Crippen LogP contribution in [0, 0.1) is 0 Å². The van der Waals surface area contributed by atoms with Gasteiger partial charge < -0.3 is 4.57 Å². The average Bonchev–Trinajstić information content (AvgIpc) is 3.16. The van der Waals surface area contributed by atoms with Crippen LogP contribution in [0.2, 0.25) is 0 Å². The molecule has 0 N–H and O–H groups in total. The van der Waals surface area contributed by atoms with E-state index in [1.54, 1.807) is 0 Å². The van der Waals surface area contributed by atoms with Crippen LogP contribution < -0.4 is 0 Å². The lowest BCUT2D eigenvalue weighted by molar-refractivity contribution is 0.696. The number of aromatic nitrogens is 3. The molecule has 3 aromatic rings. The third-order valence-corrected chi connectivity index (χ3v) is 5.31. The maximum Gasteiger partial charge on any atom is 0.160 e. The van der Waals surface area contributed by atoms with Gasteiger partial charge in [0.15, 0.2) is 5.65 Å². The summed E-state index contributed by atoms with van der Waals surface area (Å²) in [4.78, 5) is 9.43. The number of nitrogens with zero attached hydrogens (tertiary/aromatic N) is 3. The molecule has 0 aliphatic carbocycles. The Labute approximate surface area is 128 Å². The average molecular weight is 295 g/mol. The molecule has 1 fully saturated rings. The van der Waals surface area contributed by atoms with Crippen LogP contribution in [0.4, 0.5) is 0 Å². The molecule has 1 saturated heterocycles. The van der Waals surface area contributed by atoms with Crippen LogP contribution >= 0.6 is 11.8 Å². The Morgan fingerprint density at radius 1 is 1.14 bits per heavy atom. The second-order valence-corrected chi connectivity index (χ2v) is 6.70. The fourth-order valence-electron chi connectivity index (χ4n) is 2.92. The molecule has 0 radical (unpaired) electrons. The Hall–Kier alpha value is -1.81. The van der Waals surface area contributed by atoms with Crippen molar-refractivity contribution < 1.29 is 0 Å². The van der Waals surface area contributed by atoms with Gasteiger partial charge in [-0.15, -0.1) is 0 Å². The summed E-state index contributed by atoms with van der Waals surface area (Å²) in [6, 6.07) is 14.6. The molecule has 4 heteroatoms. The summed E-state index contributed by atoms with van der Waals surface area (Å²) in [6.45, 7) is 0.848. The van der Waals surface area contributed by atoms with Crippen molar-refractivity contribution in [1.29, 1.82) is 0 Å². The monoisotopic (exact) mass is 295 g/mol. The minimum absolute atomic E-state index is 0.517. The van der Waals surface area contributed by atoms with Crippen LogP contribution in [0.15, 0.2) is 48.7 Å². The van der Waals surface area contributed by atoms with E-state index in [4.69, 9.17) is 4.98 Å². The quantitative estimate of drug-likeness (QED) is 0.730. The molecule has 1 aliphatic rings. The highest BCUT2D eigenvalue weighted by atomic mass is 32.2. The minimum atomic E-state index is 0.517. The van der Waals surface area contributed by atoms with Crippen molar-refractivity contribution in [3.63, 3.8) is 0 Å². The molecule has 2 aromatic heterocycles. The summed E-state index contributed by atoms with van der Waals surface area (Å²) >= 11 is 2.02. The molecule has 106 valence electrons. The van der Waals surface area contributed by atoms with Crippen molar-refractivity contribution in [1.82, 2.24) is 14.5 Å². The van der Waals surface area contributed by atoms with Gasteiger partial charge >= 0.3 is 0 Å². The summed E-state index contributed by atoms with van der Waals surface area (Å²) < 4.78 is 2.30. The molecule has 3 nitrogen and oxygen atoms in total. The SMILES string of the molecule is c1ccc(Cn2c(C3CCCS3)nc3cccnc32)cc1. The van der Waals surface area contributed by atoms with E-state index in [-0.39, 0.29) is 0 Å². The molecular weight excluding hydrogens is 278 g/mol. The van der Waals surface area contributed by atoms with Crippen LogP contribution in [-0.4, -0.2) is 20.3 Å². The van der Waals surface area contributed by atoms with Crippen LogP contribution in [0.5, 0.6) is 0 Å². The second kappa shape index (κ2) is 5.53. The van der Waals surface area contributed by atoms with Crippen LogP contribution in [-0.2, 0) is 6.54 Å². The summed E-state index contributed by atoms with van der Waals surface area (Å²) in [5, 5.41) is 0.517. The Morgan fingerprint density at radius 2 is 2.05 bits per heavy atom. The largest absolute Gasteiger partial charge is 0.307 e. The van der Waals surface area contributed by atoms with Crippen molar-refractivity contribution in [2.24, 2.45) is 0 Å². The molecule has 1 atom stereocenters. The Morgan fingerprint density at radius 3 is 2.86 bits per heavy atom. The van der Waals surface area contributed by atoms with Gasteiger partial charge in [-0.05, 0) is 36.3 Å². The van der Waals surface area contributed by atoms with Crippen LogP contribution in [0.3, 0.4) is 0 Å². The predicted molar refractivity (Wildman–Crippen MR) is 87.5 cm³/mol. The molecular formula is C17H17N3S. The van der Waals surface area contributed by atoms with Crippen molar-refractivity contribution >= 4 is 22.9 Å². The van der Waals surface area contributed by atoms with E-state index in [1.807, 2.05) is 24.0 Å². The zero-order valence-electron chi connectivity index (χ0n) is 11.8. The molecule has 3 heterocycles. The highest BCUT2D eigenvalue weighted by Crippen LogP contribution is 2.40. The fourth-order valence-corrected chi connectivity index (χ4v) is 4.21. The molecule has 0 amide bonds. The molecule has 21 heavy (non-hydrogen) atoms. The first-order chi connectivity index (χ1) is 10.4. The zero-order valence-corrected chi connectivity index (χ0v) is 12.6. The van der Waals surface area contributed by atoms with E-state index < -0.39 is 0 Å². The Balaban J connectivity index is 1.82. The van der Waals surface area contributed by atoms with Gasteiger partial charge in [-0.2, -0.15) is 11.8 Å². The second-order valence-electron chi connectivity index (χ2n) is 5.39. The number of benzene rings is 1. The highest BCUT2D eigenvalue weighted by molar-refractivity contribution is 7.99. The minimum Gasteiger partial charge on any atom is -0.307 e. The summed E-state index contributed by atoms with van der Waals surface area (Å²) in [5.74, 6) is 2.43. The first kappa shape index (κ1) is 12.9. The third-order valence-electron chi connectivity index (χ3n) is 3.93. The summed E-state index contributed by atoms with van der Waals surface area (Å²) in [5.41, 5.74) is 3.31. The number of hydrogen-bond donors (Lipinski definition) is 0. The van der Waals surface area contributed by atoms with Gasteiger partial charge in [0.1, 0.15) is 11.3 Å². The highest BCUT2D eigenvalue weighted by Gasteiger charge is 2.24. The smallest absolute Gasteiger partial charge is 0.160 e. The third kappa shape index (κ3) is 2.44. The molecule has 0 spiro atoms. The van der Waals surface area contributed by atoms with Gasteiger partial charge in [0.05, 0.1) is 11.8 Å². The van der Waals surface area contributed by atoms with E-state index in [0.29, 0.717) is 5.25 Å². The molecule has 1 aliphatic heterocycles. The lowest BCUT2D eigenvalue weighted by Gasteiger charge is -2.12. The number of hydrogen-bond acceptors (Lipinski definition) is 3. The summed E-state index contributed by atoms with van der Waals surface area (Å²) in [6.07, 6.45) is 4.37. The van der Waals surface area contributed by atoms with Gasteiger partial charge in [-0.1, -0.05) is 30.3 Å². The van der Waals surface area contributed by atoms with E-state index in [2.05, 4.69) is 45.9 Å². The van der Waals surface area contributed by atoms with Crippen LogP contribution in [0.1, 0.15) is 29.5 Å². The molecule has 4 rings (SSSR count).